The molecule has 4 rings (SSSR count). The molecule has 0 atom stereocenters. The van der Waals surface area contributed by atoms with Crippen LogP contribution in [-0.2, 0) is 9.53 Å². The van der Waals surface area contributed by atoms with Crippen LogP contribution in [-0.4, -0.2) is 29.3 Å². The number of rotatable bonds is 5. The van der Waals surface area contributed by atoms with Crippen LogP contribution in [0, 0.1) is 5.92 Å². The van der Waals surface area contributed by atoms with E-state index < -0.39 is 17.6 Å². The van der Waals surface area contributed by atoms with Crippen molar-refractivity contribution in [2.45, 2.75) is 50.5 Å². The van der Waals surface area contributed by atoms with Crippen LogP contribution in [0.1, 0.15) is 56.1 Å². The highest BCUT2D eigenvalue weighted by atomic mass is 16.5. The highest BCUT2D eigenvalue weighted by Gasteiger charge is 2.43. The molecule has 2 aromatic carbocycles. The summed E-state index contributed by atoms with van der Waals surface area (Å²) in [7, 11) is 0. The minimum atomic E-state index is -1.21. The van der Waals surface area contributed by atoms with Crippen LogP contribution in [0.5, 0.6) is 0 Å². The van der Waals surface area contributed by atoms with E-state index in [1.54, 1.807) is 0 Å². The molecule has 2 aromatic rings. The van der Waals surface area contributed by atoms with Crippen molar-refractivity contribution in [3.8, 4) is 11.1 Å². The van der Waals surface area contributed by atoms with Crippen molar-refractivity contribution in [2.24, 2.45) is 5.92 Å². The number of fused-ring (bicyclic) bond motifs is 3. The van der Waals surface area contributed by atoms with E-state index in [1.165, 1.54) is 0 Å². The van der Waals surface area contributed by atoms with Gasteiger partial charge in [-0.2, -0.15) is 0 Å². The SMILES string of the molecule is CCC1CCC(NC(=O)OCC2c3ccccc3-c3ccccc32)(C(=O)O)CC1. The third kappa shape index (κ3) is 3.61. The number of alkyl carbamates (subject to hydrolysis) is 1. The third-order valence-corrected chi connectivity index (χ3v) is 6.63. The van der Waals surface area contributed by atoms with Crippen molar-refractivity contribution in [1.82, 2.24) is 5.32 Å². The molecule has 0 spiro atoms. The van der Waals surface area contributed by atoms with Crippen LogP contribution in [0.25, 0.3) is 11.1 Å². The molecule has 0 aliphatic heterocycles. The predicted molar refractivity (Wildman–Crippen MR) is 111 cm³/mol. The Morgan fingerprint density at radius 3 is 2.10 bits per heavy atom. The van der Waals surface area contributed by atoms with E-state index in [1.807, 2.05) is 24.3 Å². The molecule has 0 heterocycles. The maximum absolute atomic E-state index is 12.6. The van der Waals surface area contributed by atoms with Crippen molar-refractivity contribution in [1.29, 1.82) is 0 Å². The van der Waals surface area contributed by atoms with Crippen LogP contribution in [0.4, 0.5) is 4.79 Å². The summed E-state index contributed by atoms with van der Waals surface area (Å²) in [6, 6.07) is 16.3. The number of carbonyl (C=O) groups is 2. The molecule has 29 heavy (non-hydrogen) atoms. The van der Waals surface area contributed by atoms with Crippen LogP contribution in [0.3, 0.4) is 0 Å². The first kappa shape index (κ1) is 19.5. The number of amides is 1. The van der Waals surface area contributed by atoms with Crippen LogP contribution in [0.2, 0.25) is 0 Å². The van der Waals surface area contributed by atoms with Crippen molar-refractivity contribution >= 4 is 12.1 Å². The standard InChI is InChI=1S/C24H27NO4/c1-2-16-11-13-24(14-12-16,22(26)27)25-23(28)29-15-21-19-9-5-3-7-17(19)18-8-4-6-10-20(18)21/h3-10,16,21H,2,11-15H2,1H3,(H,25,28)(H,26,27). The average molecular weight is 393 g/mol. The molecule has 2 aliphatic rings. The molecule has 5 heteroatoms. The first-order valence-corrected chi connectivity index (χ1v) is 10.4. The Balaban J connectivity index is 1.45. The van der Waals surface area contributed by atoms with Gasteiger partial charge in [-0.1, -0.05) is 61.9 Å². The highest BCUT2D eigenvalue weighted by molar-refractivity contribution is 5.84. The van der Waals surface area contributed by atoms with Gasteiger partial charge in [-0.05, 0) is 53.9 Å². The van der Waals surface area contributed by atoms with E-state index in [9.17, 15) is 14.7 Å². The maximum Gasteiger partial charge on any atom is 0.408 e. The van der Waals surface area contributed by atoms with Crippen LogP contribution in [0.15, 0.2) is 48.5 Å². The summed E-state index contributed by atoms with van der Waals surface area (Å²) < 4.78 is 5.56. The van der Waals surface area contributed by atoms with E-state index in [4.69, 9.17) is 4.74 Å². The molecule has 152 valence electrons. The van der Waals surface area contributed by atoms with Crippen molar-refractivity contribution in [3.05, 3.63) is 59.7 Å². The zero-order chi connectivity index (χ0) is 20.4. The summed E-state index contributed by atoms with van der Waals surface area (Å²) in [6.45, 7) is 2.31. The minimum absolute atomic E-state index is 0.0373. The maximum atomic E-state index is 12.6. The number of aliphatic carboxylic acids is 1. The molecule has 2 aliphatic carbocycles. The second-order valence-electron chi connectivity index (χ2n) is 8.19. The Morgan fingerprint density at radius 1 is 1.03 bits per heavy atom. The fourth-order valence-corrected chi connectivity index (χ4v) is 4.80. The van der Waals surface area contributed by atoms with E-state index in [2.05, 4.69) is 36.5 Å². The van der Waals surface area contributed by atoms with Crippen molar-refractivity contribution in [2.75, 3.05) is 6.61 Å². The van der Waals surface area contributed by atoms with Crippen LogP contribution >= 0.6 is 0 Å². The average Bonchev–Trinajstić information content (AvgIpc) is 3.06. The molecule has 0 saturated heterocycles. The monoisotopic (exact) mass is 393 g/mol. The summed E-state index contributed by atoms with van der Waals surface area (Å²) in [4.78, 5) is 24.5. The van der Waals surface area contributed by atoms with E-state index in [-0.39, 0.29) is 12.5 Å². The van der Waals surface area contributed by atoms with Gasteiger partial charge in [-0.3, -0.25) is 0 Å². The fourth-order valence-electron chi connectivity index (χ4n) is 4.80. The van der Waals surface area contributed by atoms with Gasteiger partial charge in [0.05, 0.1) is 0 Å². The Bertz CT molecular complexity index is 869. The minimum Gasteiger partial charge on any atom is -0.480 e. The topological polar surface area (TPSA) is 75.6 Å². The number of carboxylic acids is 1. The first-order chi connectivity index (χ1) is 14.0. The lowest BCUT2D eigenvalue weighted by atomic mass is 9.75. The number of hydrogen-bond donors (Lipinski definition) is 2. The first-order valence-electron chi connectivity index (χ1n) is 10.4. The lowest BCUT2D eigenvalue weighted by Gasteiger charge is -2.36. The molecule has 2 N–H and O–H groups in total. The number of hydrogen-bond acceptors (Lipinski definition) is 3. The van der Waals surface area contributed by atoms with Gasteiger partial charge in [0.25, 0.3) is 0 Å². The van der Waals surface area contributed by atoms with E-state index >= 15 is 0 Å². The Hall–Kier alpha value is -2.82. The summed E-state index contributed by atoms with van der Waals surface area (Å²) in [5.74, 6) is -0.475. The molecular formula is C24H27NO4. The lowest BCUT2D eigenvalue weighted by Crippen LogP contribution is -2.56. The lowest BCUT2D eigenvalue weighted by molar-refractivity contribution is -0.146. The van der Waals surface area contributed by atoms with Gasteiger partial charge in [-0.15, -0.1) is 0 Å². The summed E-state index contributed by atoms with van der Waals surface area (Å²) in [5.41, 5.74) is 3.39. The zero-order valence-corrected chi connectivity index (χ0v) is 16.7. The summed E-state index contributed by atoms with van der Waals surface area (Å²) >= 11 is 0. The molecule has 1 saturated carbocycles. The van der Waals surface area contributed by atoms with Gasteiger partial charge in [0, 0.05) is 5.92 Å². The molecule has 1 amide bonds. The molecule has 5 nitrogen and oxygen atoms in total. The Morgan fingerprint density at radius 2 is 1.59 bits per heavy atom. The van der Waals surface area contributed by atoms with E-state index in [0.717, 1.165) is 41.5 Å². The highest BCUT2D eigenvalue weighted by Crippen LogP contribution is 2.44. The summed E-state index contributed by atoms with van der Waals surface area (Å²) in [6.07, 6.45) is 2.92. The number of ether oxygens (including phenoxy) is 1. The van der Waals surface area contributed by atoms with Gasteiger partial charge < -0.3 is 15.2 Å². The molecule has 0 bridgehead atoms. The predicted octanol–water partition coefficient (Wildman–Crippen LogP) is 4.95. The Labute approximate surface area is 171 Å². The van der Waals surface area contributed by atoms with Gasteiger partial charge in [0.1, 0.15) is 12.1 Å². The van der Waals surface area contributed by atoms with Gasteiger partial charge in [0.2, 0.25) is 0 Å². The van der Waals surface area contributed by atoms with Crippen molar-refractivity contribution < 1.29 is 19.4 Å². The van der Waals surface area contributed by atoms with E-state index in [0.29, 0.717) is 18.8 Å². The second kappa shape index (κ2) is 7.90. The molecule has 0 unspecified atom stereocenters. The fraction of sp³-hybridized carbons (Fsp3) is 0.417. The van der Waals surface area contributed by atoms with Gasteiger partial charge >= 0.3 is 12.1 Å². The van der Waals surface area contributed by atoms with Gasteiger partial charge in [0.15, 0.2) is 0 Å². The molecule has 0 radical (unpaired) electrons. The normalized spacial score (nSPS) is 23.1. The quantitative estimate of drug-likeness (QED) is 0.754. The molecule has 1 fully saturated rings. The summed E-state index contributed by atoms with van der Waals surface area (Å²) in [5, 5.41) is 12.5. The van der Waals surface area contributed by atoms with Crippen molar-refractivity contribution in [3.63, 3.8) is 0 Å². The zero-order valence-electron chi connectivity index (χ0n) is 16.7. The van der Waals surface area contributed by atoms with Gasteiger partial charge in [-0.25, -0.2) is 9.59 Å². The third-order valence-electron chi connectivity index (χ3n) is 6.63. The van der Waals surface area contributed by atoms with Crippen LogP contribution < -0.4 is 5.32 Å². The second-order valence-corrected chi connectivity index (χ2v) is 8.19. The number of carboxylic acid groups (broad SMARTS) is 1. The Kier molecular flexibility index (Phi) is 5.31. The largest absolute Gasteiger partial charge is 0.480 e. The smallest absolute Gasteiger partial charge is 0.408 e. The molecular weight excluding hydrogens is 366 g/mol. The molecule has 0 aromatic heterocycles. The number of carbonyl (C=O) groups excluding carboxylic acids is 1. The number of benzene rings is 2. The number of nitrogens with one attached hydrogen (secondary N) is 1.